The quantitative estimate of drug-likeness (QED) is 0.541. The second kappa shape index (κ2) is 6.20. The summed E-state index contributed by atoms with van der Waals surface area (Å²) >= 11 is 0. The molecule has 1 amide bonds. The van der Waals surface area contributed by atoms with E-state index in [1.807, 2.05) is 36.4 Å². The Labute approximate surface area is 139 Å². The van der Waals surface area contributed by atoms with Crippen LogP contribution in [0.25, 0.3) is 10.9 Å². The fourth-order valence-corrected chi connectivity index (χ4v) is 3.11. The molecule has 0 radical (unpaired) electrons. The van der Waals surface area contributed by atoms with Crippen LogP contribution < -0.4 is 5.32 Å². The predicted molar refractivity (Wildman–Crippen MR) is 94.3 cm³/mol. The minimum absolute atomic E-state index is 0.586. The molecule has 120 valence electrons. The molecule has 2 aromatic carbocycles. The van der Waals surface area contributed by atoms with Crippen LogP contribution >= 0.6 is 0 Å². The van der Waals surface area contributed by atoms with E-state index in [0.717, 1.165) is 36.2 Å². The Hall–Kier alpha value is -3.08. The molecule has 3 aromatic rings. The Bertz CT molecular complexity index is 913. The number of hydrogen-bond donors (Lipinski definition) is 2. The number of fused-ring (bicyclic) bond motifs is 3. The van der Waals surface area contributed by atoms with Gasteiger partial charge in [0.05, 0.1) is 5.69 Å². The molecule has 24 heavy (non-hydrogen) atoms. The topological polar surface area (TPSA) is 66.5 Å². The maximum atomic E-state index is 11.9. The molecule has 0 bridgehead atoms. The minimum atomic E-state index is -0.586. The molecule has 5 nitrogen and oxygen atoms in total. The number of aryl methyl sites for hydroxylation is 1. The number of nitrogens with one attached hydrogen (secondary N) is 2. The van der Waals surface area contributed by atoms with E-state index in [-0.39, 0.29) is 0 Å². The SMILES string of the molecule is O=C(Nc1ccccc1)O/N=C1/CCCc2c1[nH]c1ccccc21. The van der Waals surface area contributed by atoms with Gasteiger partial charge in [0.15, 0.2) is 0 Å². The number of oxime groups is 1. The van der Waals surface area contributed by atoms with Gasteiger partial charge >= 0.3 is 6.09 Å². The first-order valence-corrected chi connectivity index (χ1v) is 8.01. The number of aromatic nitrogens is 1. The van der Waals surface area contributed by atoms with Crippen molar-refractivity contribution >= 4 is 28.4 Å². The van der Waals surface area contributed by atoms with Gasteiger partial charge in [0.2, 0.25) is 0 Å². The first-order chi connectivity index (χ1) is 11.8. The number of rotatable bonds is 2. The number of para-hydroxylation sites is 2. The molecule has 0 spiro atoms. The molecule has 0 fully saturated rings. The molecule has 0 unspecified atom stereocenters. The second-order valence-electron chi connectivity index (χ2n) is 5.79. The van der Waals surface area contributed by atoms with E-state index in [1.54, 1.807) is 12.1 Å². The number of carbonyl (C=O) groups is 1. The number of carbonyl (C=O) groups excluding carboxylic acids is 1. The zero-order chi connectivity index (χ0) is 16.4. The van der Waals surface area contributed by atoms with Crippen molar-refractivity contribution in [3.05, 3.63) is 65.9 Å². The van der Waals surface area contributed by atoms with Crippen molar-refractivity contribution in [2.75, 3.05) is 5.32 Å². The summed E-state index contributed by atoms with van der Waals surface area (Å²) in [5, 5.41) is 7.96. The molecule has 1 aromatic heterocycles. The number of amides is 1. The molecule has 5 heteroatoms. The lowest BCUT2D eigenvalue weighted by atomic mass is 9.94. The van der Waals surface area contributed by atoms with Crippen molar-refractivity contribution in [1.29, 1.82) is 0 Å². The summed E-state index contributed by atoms with van der Waals surface area (Å²) in [5.41, 5.74) is 4.79. The Morgan fingerprint density at radius 3 is 2.71 bits per heavy atom. The van der Waals surface area contributed by atoms with Gasteiger partial charge in [0.1, 0.15) is 5.71 Å². The third-order valence-electron chi connectivity index (χ3n) is 4.20. The van der Waals surface area contributed by atoms with Crippen molar-refractivity contribution in [1.82, 2.24) is 4.98 Å². The van der Waals surface area contributed by atoms with Crippen LogP contribution in [0.1, 0.15) is 24.1 Å². The summed E-state index contributed by atoms with van der Waals surface area (Å²) in [5.74, 6) is 0. The van der Waals surface area contributed by atoms with Crippen molar-refractivity contribution in [3.8, 4) is 0 Å². The van der Waals surface area contributed by atoms with Crippen molar-refractivity contribution < 1.29 is 9.63 Å². The van der Waals surface area contributed by atoms with Gasteiger partial charge in [-0.2, -0.15) is 0 Å². The maximum Gasteiger partial charge on any atom is 0.437 e. The van der Waals surface area contributed by atoms with Gasteiger partial charge in [-0.05, 0) is 43.0 Å². The van der Waals surface area contributed by atoms with Crippen LogP contribution in [-0.2, 0) is 11.3 Å². The Kier molecular flexibility index (Phi) is 3.75. The lowest BCUT2D eigenvalue weighted by Crippen LogP contribution is -2.15. The van der Waals surface area contributed by atoms with Crippen LogP contribution in [-0.4, -0.2) is 16.8 Å². The largest absolute Gasteiger partial charge is 0.437 e. The van der Waals surface area contributed by atoms with Crippen molar-refractivity contribution in [3.63, 3.8) is 0 Å². The van der Waals surface area contributed by atoms with Gasteiger partial charge < -0.3 is 4.98 Å². The highest BCUT2D eigenvalue weighted by Crippen LogP contribution is 2.29. The average molecular weight is 319 g/mol. The monoisotopic (exact) mass is 319 g/mol. The van der Waals surface area contributed by atoms with Crippen molar-refractivity contribution in [2.24, 2.45) is 5.16 Å². The van der Waals surface area contributed by atoms with Gasteiger partial charge in [-0.3, -0.25) is 10.2 Å². The fraction of sp³-hybridized carbons (Fsp3) is 0.158. The van der Waals surface area contributed by atoms with Crippen LogP contribution in [0.2, 0.25) is 0 Å². The number of benzene rings is 2. The summed E-state index contributed by atoms with van der Waals surface area (Å²) in [6, 6.07) is 17.4. The van der Waals surface area contributed by atoms with Gasteiger partial charge in [0, 0.05) is 16.6 Å². The highest BCUT2D eigenvalue weighted by Gasteiger charge is 2.21. The molecular formula is C19H17N3O2. The molecule has 4 rings (SSSR count). The number of nitrogens with zero attached hydrogens (tertiary/aromatic N) is 1. The zero-order valence-electron chi connectivity index (χ0n) is 13.1. The molecule has 1 heterocycles. The lowest BCUT2D eigenvalue weighted by Gasteiger charge is -2.13. The molecule has 1 aliphatic rings. The van der Waals surface area contributed by atoms with Gasteiger partial charge in [-0.1, -0.05) is 41.6 Å². The normalized spacial score (nSPS) is 15.2. The number of anilines is 1. The molecular weight excluding hydrogens is 302 g/mol. The number of aromatic amines is 1. The third-order valence-corrected chi connectivity index (χ3v) is 4.20. The maximum absolute atomic E-state index is 11.9. The van der Waals surface area contributed by atoms with E-state index in [4.69, 9.17) is 4.84 Å². The summed E-state index contributed by atoms with van der Waals surface area (Å²) in [4.78, 5) is 20.3. The third kappa shape index (κ3) is 2.76. The Balaban J connectivity index is 1.55. The first kappa shape index (κ1) is 14.5. The van der Waals surface area contributed by atoms with Crippen LogP contribution in [0.15, 0.2) is 59.8 Å². The van der Waals surface area contributed by atoms with E-state index < -0.39 is 6.09 Å². The smallest absolute Gasteiger partial charge is 0.353 e. The van der Waals surface area contributed by atoms with Crippen LogP contribution in [0.4, 0.5) is 10.5 Å². The molecule has 0 saturated carbocycles. The summed E-state index contributed by atoms with van der Waals surface area (Å²) in [7, 11) is 0. The van der Waals surface area contributed by atoms with Gasteiger partial charge in [-0.15, -0.1) is 0 Å². The van der Waals surface area contributed by atoms with Crippen molar-refractivity contribution in [2.45, 2.75) is 19.3 Å². The van der Waals surface area contributed by atoms with E-state index in [9.17, 15) is 4.79 Å². The second-order valence-corrected chi connectivity index (χ2v) is 5.79. The summed E-state index contributed by atoms with van der Waals surface area (Å²) in [6.45, 7) is 0. The van der Waals surface area contributed by atoms with Crippen LogP contribution in [0.3, 0.4) is 0 Å². The van der Waals surface area contributed by atoms with E-state index in [2.05, 4.69) is 21.5 Å². The zero-order valence-corrected chi connectivity index (χ0v) is 13.1. The molecule has 0 aliphatic heterocycles. The number of H-pyrrole nitrogens is 1. The Morgan fingerprint density at radius 1 is 1.04 bits per heavy atom. The fourth-order valence-electron chi connectivity index (χ4n) is 3.11. The predicted octanol–water partition coefficient (Wildman–Crippen LogP) is 4.46. The van der Waals surface area contributed by atoms with Gasteiger partial charge in [0.25, 0.3) is 0 Å². The van der Waals surface area contributed by atoms with Gasteiger partial charge in [-0.25, -0.2) is 4.79 Å². The average Bonchev–Trinajstić information content (AvgIpc) is 3.00. The summed E-state index contributed by atoms with van der Waals surface area (Å²) < 4.78 is 0. The number of hydrogen-bond acceptors (Lipinski definition) is 3. The standard InChI is InChI=1S/C19H17N3O2/c23-19(20-13-7-2-1-3-8-13)24-22-17-12-6-10-15-14-9-4-5-11-16(14)21-18(15)17/h1-5,7-9,11,21H,6,10,12H2,(H,20,23)/b22-17-. The van der Waals surface area contributed by atoms with E-state index in [0.29, 0.717) is 5.69 Å². The first-order valence-electron chi connectivity index (χ1n) is 8.01. The van der Waals surface area contributed by atoms with Crippen LogP contribution in [0, 0.1) is 0 Å². The molecule has 1 aliphatic carbocycles. The lowest BCUT2D eigenvalue weighted by molar-refractivity contribution is 0.166. The molecule has 2 N–H and O–H groups in total. The van der Waals surface area contributed by atoms with Crippen LogP contribution in [0.5, 0.6) is 0 Å². The highest BCUT2D eigenvalue weighted by molar-refractivity contribution is 6.06. The van der Waals surface area contributed by atoms with E-state index in [1.165, 1.54) is 10.9 Å². The van der Waals surface area contributed by atoms with E-state index >= 15 is 0 Å². The highest BCUT2D eigenvalue weighted by atomic mass is 16.7. The summed E-state index contributed by atoms with van der Waals surface area (Å²) in [6.07, 6.45) is 2.21. The molecule has 0 atom stereocenters. The molecule has 0 saturated heterocycles. The Morgan fingerprint density at radius 2 is 1.83 bits per heavy atom. The minimum Gasteiger partial charge on any atom is -0.353 e.